The number of likely N-dealkylation sites (tertiary alicyclic amines) is 1. The van der Waals surface area contributed by atoms with Crippen LogP contribution in [0.4, 0.5) is 5.69 Å². The van der Waals surface area contributed by atoms with E-state index < -0.39 is 0 Å². The van der Waals surface area contributed by atoms with Crippen LogP contribution in [0.15, 0.2) is 36.4 Å². The maximum absolute atomic E-state index is 12.3. The van der Waals surface area contributed by atoms with E-state index in [0.29, 0.717) is 11.3 Å². The van der Waals surface area contributed by atoms with Crippen LogP contribution in [-0.2, 0) is 0 Å². The summed E-state index contributed by atoms with van der Waals surface area (Å²) >= 11 is 11.6. The van der Waals surface area contributed by atoms with Gasteiger partial charge in [0.05, 0.1) is 5.56 Å². The number of halogens is 2. The van der Waals surface area contributed by atoms with E-state index in [1.165, 1.54) is 12.1 Å². The van der Waals surface area contributed by atoms with Gasteiger partial charge < -0.3 is 10.2 Å². The van der Waals surface area contributed by atoms with Gasteiger partial charge in [0.2, 0.25) is 0 Å². The Morgan fingerprint density at radius 1 is 1.00 bits per heavy atom. The molecule has 0 unspecified atom stereocenters. The maximum Gasteiger partial charge on any atom is 0.258 e. The van der Waals surface area contributed by atoms with Crippen molar-refractivity contribution in [2.24, 2.45) is 0 Å². The minimum Gasteiger partial charge on any atom is -0.339 e. The quantitative estimate of drug-likeness (QED) is 0.841. The van der Waals surface area contributed by atoms with Crippen molar-refractivity contribution in [2.75, 3.05) is 18.4 Å². The molecule has 0 spiro atoms. The van der Waals surface area contributed by atoms with E-state index in [0.717, 1.165) is 25.9 Å². The minimum atomic E-state index is -0.386. The van der Waals surface area contributed by atoms with Gasteiger partial charge in [0.25, 0.3) is 11.8 Å². The Balaban J connectivity index is 1.69. The number of rotatable bonds is 3. The normalized spacial score (nSPS) is 13.8. The van der Waals surface area contributed by atoms with Gasteiger partial charge in [-0.2, -0.15) is 0 Å². The number of carbonyl (C=O) groups is 2. The molecular weight excluding hydrogens is 349 g/mol. The van der Waals surface area contributed by atoms with Gasteiger partial charge in [0.1, 0.15) is 10.3 Å². The highest BCUT2D eigenvalue weighted by Gasteiger charge is 2.19. The van der Waals surface area contributed by atoms with E-state index in [1.54, 1.807) is 24.3 Å². The molecule has 1 N–H and O–H groups in total. The topological polar surface area (TPSA) is 62.3 Å². The Morgan fingerprint density at radius 3 is 2.29 bits per heavy atom. The van der Waals surface area contributed by atoms with Crippen LogP contribution < -0.4 is 5.32 Å². The number of pyridine rings is 1. The number of amides is 2. The van der Waals surface area contributed by atoms with Crippen molar-refractivity contribution in [2.45, 2.75) is 12.8 Å². The lowest BCUT2D eigenvalue weighted by atomic mass is 10.1. The Kier molecular flexibility index (Phi) is 5.02. The third kappa shape index (κ3) is 3.68. The van der Waals surface area contributed by atoms with Gasteiger partial charge in [0.15, 0.2) is 0 Å². The summed E-state index contributed by atoms with van der Waals surface area (Å²) in [5, 5.41) is 2.99. The van der Waals surface area contributed by atoms with Crippen LogP contribution in [0.1, 0.15) is 33.6 Å². The van der Waals surface area contributed by atoms with Crippen LogP contribution in [0.2, 0.25) is 10.3 Å². The first-order chi connectivity index (χ1) is 11.5. The molecule has 5 nitrogen and oxygen atoms in total. The largest absolute Gasteiger partial charge is 0.339 e. The van der Waals surface area contributed by atoms with Crippen molar-refractivity contribution in [3.8, 4) is 0 Å². The average molecular weight is 364 g/mol. The first-order valence-electron chi connectivity index (χ1n) is 7.57. The number of anilines is 1. The summed E-state index contributed by atoms with van der Waals surface area (Å²) in [6, 6.07) is 9.81. The number of hydrogen-bond acceptors (Lipinski definition) is 3. The fourth-order valence-electron chi connectivity index (χ4n) is 2.58. The molecule has 1 aromatic carbocycles. The molecule has 0 saturated carbocycles. The maximum atomic E-state index is 12.3. The molecule has 0 atom stereocenters. The summed E-state index contributed by atoms with van der Waals surface area (Å²) in [6.07, 6.45) is 2.10. The van der Waals surface area contributed by atoms with Crippen molar-refractivity contribution in [3.63, 3.8) is 0 Å². The smallest absolute Gasteiger partial charge is 0.258 e. The van der Waals surface area contributed by atoms with E-state index in [2.05, 4.69) is 10.3 Å². The summed E-state index contributed by atoms with van der Waals surface area (Å²) in [7, 11) is 0. The molecule has 1 aromatic heterocycles. The van der Waals surface area contributed by atoms with Crippen molar-refractivity contribution in [1.82, 2.24) is 9.88 Å². The molecule has 1 fully saturated rings. The van der Waals surface area contributed by atoms with Crippen molar-refractivity contribution < 1.29 is 9.59 Å². The van der Waals surface area contributed by atoms with Gasteiger partial charge in [-0.1, -0.05) is 23.2 Å². The molecule has 1 saturated heterocycles. The van der Waals surface area contributed by atoms with Crippen LogP contribution in [0.5, 0.6) is 0 Å². The molecule has 2 aromatic rings. The highest BCUT2D eigenvalue weighted by Crippen LogP contribution is 2.19. The van der Waals surface area contributed by atoms with E-state index in [1.807, 2.05) is 4.90 Å². The van der Waals surface area contributed by atoms with Crippen molar-refractivity contribution in [3.05, 3.63) is 57.8 Å². The summed E-state index contributed by atoms with van der Waals surface area (Å²) < 4.78 is 0. The fourth-order valence-corrected chi connectivity index (χ4v) is 3.01. The zero-order valence-electron chi connectivity index (χ0n) is 12.8. The lowest BCUT2D eigenvalue weighted by molar-refractivity contribution is 0.0792. The summed E-state index contributed by atoms with van der Waals surface area (Å²) in [4.78, 5) is 30.2. The molecule has 0 bridgehead atoms. The summed E-state index contributed by atoms with van der Waals surface area (Å²) in [6.45, 7) is 1.61. The fraction of sp³-hybridized carbons (Fsp3) is 0.235. The van der Waals surface area contributed by atoms with E-state index in [9.17, 15) is 9.59 Å². The lowest BCUT2D eigenvalue weighted by Gasteiger charge is -2.15. The van der Waals surface area contributed by atoms with Gasteiger partial charge in [-0.3, -0.25) is 9.59 Å². The third-order valence-corrected chi connectivity index (χ3v) is 4.34. The molecule has 0 radical (unpaired) electrons. The van der Waals surface area contributed by atoms with Gasteiger partial charge in [-0.15, -0.1) is 0 Å². The summed E-state index contributed by atoms with van der Waals surface area (Å²) in [5.41, 5.74) is 1.42. The van der Waals surface area contributed by atoms with E-state index >= 15 is 0 Å². The Hall–Kier alpha value is -2.11. The Morgan fingerprint density at radius 2 is 1.67 bits per heavy atom. The first-order valence-corrected chi connectivity index (χ1v) is 8.33. The van der Waals surface area contributed by atoms with E-state index in [-0.39, 0.29) is 27.7 Å². The van der Waals surface area contributed by atoms with Gasteiger partial charge in [-0.05, 0) is 49.2 Å². The number of hydrogen-bond donors (Lipinski definition) is 1. The van der Waals surface area contributed by atoms with Crippen molar-refractivity contribution >= 4 is 40.7 Å². The molecule has 2 amide bonds. The van der Waals surface area contributed by atoms with Crippen molar-refractivity contribution in [1.29, 1.82) is 0 Å². The standard InChI is InChI=1S/C17H15Cl2N3O2/c18-14-8-7-13(15(19)21-14)16(23)20-12-5-3-11(4-6-12)17(24)22-9-1-2-10-22/h3-8H,1-2,9-10H2,(H,20,23). The SMILES string of the molecule is O=C(Nc1ccc(C(=O)N2CCCC2)cc1)c1ccc(Cl)nc1Cl. The van der Waals surface area contributed by atoms with Gasteiger partial charge in [-0.25, -0.2) is 4.98 Å². The zero-order chi connectivity index (χ0) is 17.1. The number of nitrogens with one attached hydrogen (secondary N) is 1. The second-order valence-electron chi connectivity index (χ2n) is 5.50. The number of benzene rings is 1. The Labute approximate surface area is 149 Å². The molecular formula is C17H15Cl2N3O2. The highest BCUT2D eigenvalue weighted by molar-refractivity contribution is 6.35. The second kappa shape index (κ2) is 7.20. The second-order valence-corrected chi connectivity index (χ2v) is 6.25. The van der Waals surface area contributed by atoms with Crippen LogP contribution in [0.3, 0.4) is 0 Å². The van der Waals surface area contributed by atoms with Crippen LogP contribution in [0.25, 0.3) is 0 Å². The molecule has 0 aliphatic carbocycles. The van der Waals surface area contributed by atoms with E-state index in [4.69, 9.17) is 23.2 Å². The number of carbonyl (C=O) groups excluding carboxylic acids is 2. The summed E-state index contributed by atoms with van der Waals surface area (Å²) in [5.74, 6) is -0.363. The molecule has 1 aliphatic rings. The number of aromatic nitrogens is 1. The highest BCUT2D eigenvalue weighted by atomic mass is 35.5. The molecule has 1 aliphatic heterocycles. The van der Waals surface area contributed by atoms with Crippen LogP contribution in [-0.4, -0.2) is 34.8 Å². The zero-order valence-corrected chi connectivity index (χ0v) is 14.3. The predicted octanol–water partition coefficient (Wildman–Crippen LogP) is 3.88. The monoisotopic (exact) mass is 363 g/mol. The average Bonchev–Trinajstić information content (AvgIpc) is 3.09. The molecule has 7 heteroatoms. The first kappa shape index (κ1) is 16.7. The minimum absolute atomic E-state index is 0.0234. The van der Waals surface area contributed by atoms with Gasteiger partial charge in [0, 0.05) is 24.3 Å². The number of nitrogens with zero attached hydrogens (tertiary/aromatic N) is 2. The third-order valence-electron chi connectivity index (χ3n) is 3.84. The molecule has 24 heavy (non-hydrogen) atoms. The lowest BCUT2D eigenvalue weighted by Crippen LogP contribution is -2.27. The van der Waals surface area contributed by atoms with Crippen LogP contribution >= 0.6 is 23.2 Å². The van der Waals surface area contributed by atoms with Crippen LogP contribution in [0, 0.1) is 0 Å². The predicted molar refractivity (Wildman–Crippen MR) is 93.8 cm³/mol. The van der Waals surface area contributed by atoms with Gasteiger partial charge >= 0.3 is 0 Å². The Bertz CT molecular complexity index is 772. The molecule has 124 valence electrons. The molecule has 2 heterocycles. The molecule has 3 rings (SSSR count).